The Morgan fingerprint density at radius 2 is 2.04 bits per heavy atom. The second kappa shape index (κ2) is 6.45. The maximum atomic E-state index is 13.5. The van der Waals surface area contributed by atoms with Gasteiger partial charge in [0.25, 0.3) is 5.91 Å². The number of nitrogens with zero attached hydrogens (tertiary/aromatic N) is 4. The molecule has 1 aliphatic heterocycles. The van der Waals surface area contributed by atoms with Crippen LogP contribution in [0.15, 0.2) is 53.4 Å². The van der Waals surface area contributed by atoms with Gasteiger partial charge in [-0.3, -0.25) is 9.69 Å². The van der Waals surface area contributed by atoms with Gasteiger partial charge in [0.1, 0.15) is 17.4 Å². The number of aliphatic imine (C=N–C) groups is 1. The lowest BCUT2D eigenvalue weighted by molar-refractivity contribution is -0.133. The number of rotatable bonds is 3. The number of likely N-dealkylation sites (N-methyl/N-ethyl adjacent to an activating group) is 1. The van der Waals surface area contributed by atoms with E-state index in [4.69, 9.17) is 11.5 Å². The van der Waals surface area contributed by atoms with E-state index in [1.807, 2.05) is 18.4 Å². The highest BCUT2D eigenvalue weighted by Crippen LogP contribution is 2.44. The third-order valence-corrected chi connectivity index (χ3v) is 6.19. The average molecular weight is 398 g/mol. The van der Waals surface area contributed by atoms with Gasteiger partial charge >= 0.3 is 0 Å². The SMILES string of the molecule is CN1C(=O)C(n2ccnc2)[C@@](C)(c2cc(-c3ccc(F)c(N)c3)cs2)N=C1N. The first-order valence-electron chi connectivity index (χ1n) is 8.56. The third kappa shape index (κ3) is 2.75. The van der Waals surface area contributed by atoms with Gasteiger partial charge in [-0.05, 0) is 41.6 Å². The van der Waals surface area contributed by atoms with Gasteiger partial charge in [0.05, 0.1) is 12.0 Å². The van der Waals surface area contributed by atoms with Crippen molar-refractivity contribution in [3.05, 3.63) is 59.1 Å². The van der Waals surface area contributed by atoms with Crippen molar-refractivity contribution in [1.82, 2.24) is 14.5 Å². The van der Waals surface area contributed by atoms with E-state index in [1.54, 1.807) is 42.5 Å². The second-order valence-corrected chi connectivity index (χ2v) is 7.77. The zero-order valence-corrected chi connectivity index (χ0v) is 16.2. The fourth-order valence-corrected chi connectivity index (χ4v) is 4.47. The van der Waals surface area contributed by atoms with Crippen LogP contribution in [-0.2, 0) is 10.3 Å². The number of anilines is 1. The molecule has 0 aliphatic carbocycles. The zero-order valence-electron chi connectivity index (χ0n) is 15.3. The highest BCUT2D eigenvalue weighted by Gasteiger charge is 2.48. The lowest BCUT2D eigenvalue weighted by Gasteiger charge is -2.40. The normalized spacial score (nSPS) is 22.4. The summed E-state index contributed by atoms with van der Waals surface area (Å²) in [5.41, 5.74) is 12.6. The van der Waals surface area contributed by atoms with Gasteiger partial charge in [-0.1, -0.05) is 6.07 Å². The van der Waals surface area contributed by atoms with Crippen LogP contribution in [0.1, 0.15) is 17.8 Å². The van der Waals surface area contributed by atoms with Crippen molar-refractivity contribution in [2.75, 3.05) is 12.8 Å². The number of hydrogen-bond acceptors (Lipinski definition) is 6. The Hall–Kier alpha value is -3.20. The molecule has 7 nitrogen and oxygen atoms in total. The molecule has 3 heterocycles. The van der Waals surface area contributed by atoms with E-state index in [2.05, 4.69) is 9.98 Å². The molecule has 9 heteroatoms. The predicted octanol–water partition coefficient (Wildman–Crippen LogP) is 2.58. The van der Waals surface area contributed by atoms with Crippen LogP contribution in [0.3, 0.4) is 0 Å². The summed E-state index contributed by atoms with van der Waals surface area (Å²) in [5, 5.41) is 1.94. The second-order valence-electron chi connectivity index (χ2n) is 6.86. The molecule has 2 atom stereocenters. The molecular weight excluding hydrogens is 379 g/mol. The summed E-state index contributed by atoms with van der Waals surface area (Å²) in [4.78, 5) is 24.0. The molecular formula is C19H19FN6OS. The van der Waals surface area contributed by atoms with Crippen molar-refractivity contribution >= 4 is 28.9 Å². The first-order valence-corrected chi connectivity index (χ1v) is 9.44. The van der Waals surface area contributed by atoms with Crippen molar-refractivity contribution in [3.63, 3.8) is 0 Å². The number of aromatic nitrogens is 2. The van der Waals surface area contributed by atoms with Gasteiger partial charge in [0.2, 0.25) is 0 Å². The minimum absolute atomic E-state index is 0.0875. The van der Waals surface area contributed by atoms with Crippen molar-refractivity contribution in [2.45, 2.75) is 18.5 Å². The molecule has 1 aliphatic rings. The van der Waals surface area contributed by atoms with Crippen molar-refractivity contribution in [2.24, 2.45) is 10.7 Å². The molecule has 0 radical (unpaired) electrons. The summed E-state index contributed by atoms with van der Waals surface area (Å²) in [6, 6.07) is 5.92. The molecule has 1 amide bonds. The molecule has 0 saturated carbocycles. The molecule has 3 aromatic rings. The minimum Gasteiger partial charge on any atom is -0.396 e. The van der Waals surface area contributed by atoms with E-state index in [0.717, 1.165) is 16.0 Å². The van der Waals surface area contributed by atoms with Gasteiger partial charge < -0.3 is 16.0 Å². The third-order valence-electron chi connectivity index (χ3n) is 5.04. The number of carbonyl (C=O) groups is 1. The van der Waals surface area contributed by atoms with Crippen molar-refractivity contribution in [3.8, 4) is 11.1 Å². The number of imidazole rings is 1. The number of amides is 1. The smallest absolute Gasteiger partial charge is 0.255 e. The van der Waals surface area contributed by atoms with Crippen LogP contribution in [0.25, 0.3) is 11.1 Å². The Labute approximate surface area is 165 Å². The predicted molar refractivity (Wildman–Crippen MR) is 107 cm³/mol. The Balaban J connectivity index is 1.82. The molecule has 2 aromatic heterocycles. The summed E-state index contributed by atoms with van der Waals surface area (Å²) < 4.78 is 15.2. The summed E-state index contributed by atoms with van der Waals surface area (Å²) in [6.07, 6.45) is 4.96. The standard InChI is InChI=1S/C19H19FN6OS/c1-19(15-8-12(9-28-15)11-3-4-13(20)14(21)7-11)16(26-6-5-23-10-26)17(27)25(2)18(22)24-19/h3-10,16H,21H2,1-2H3,(H2,22,24)/t16?,19-/m1/s1. The Morgan fingerprint density at radius 1 is 1.25 bits per heavy atom. The van der Waals surface area contributed by atoms with Crippen LogP contribution in [0.2, 0.25) is 0 Å². The summed E-state index contributed by atoms with van der Waals surface area (Å²) in [6.45, 7) is 1.88. The maximum absolute atomic E-state index is 13.5. The molecule has 0 bridgehead atoms. The van der Waals surface area contributed by atoms with E-state index < -0.39 is 17.4 Å². The summed E-state index contributed by atoms with van der Waals surface area (Å²) in [5.74, 6) is -0.469. The number of nitrogens with two attached hydrogens (primary N) is 2. The average Bonchev–Trinajstić information content (AvgIpc) is 3.34. The number of thiophene rings is 1. The van der Waals surface area contributed by atoms with Crippen LogP contribution in [0.5, 0.6) is 0 Å². The highest BCUT2D eigenvalue weighted by atomic mass is 32.1. The van der Waals surface area contributed by atoms with E-state index in [1.165, 1.54) is 22.3 Å². The number of hydrogen-bond donors (Lipinski definition) is 2. The molecule has 4 N–H and O–H groups in total. The van der Waals surface area contributed by atoms with Gasteiger partial charge in [-0.2, -0.15) is 0 Å². The number of halogens is 1. The molecule has 0 spiro atoms. The van der Waals surface area contributed by atoms with Crippen molar-refractivity contribution in [1.29, 1.82) is 0 Å². The first-order chi connectivity index (χ1) is 13.3. The van der Waals surface area contributed by atoms with Crippen LogP contribution >= 0.6 is 11.3 Å². The maximum Gasteiger partial charge on any atom is 0.255 e. The monoisotopic (exact) mass is 398 g/mol. The fourth-order valence-electron chi connectivity index (χ4n) is 3.42. The topological polar surface area (TPSA) is 103 Å². The number of carbonyl (C=O) groups excluding carboxylic acids is 1. The minimum atomic E-state index is -0.914. The molecule has 144 valence electrons. The van der Waals surface area contributed by atoms with Crippen molar-refractivity contribution < 1.29 is 9.18 Å². The first kappa shape index (κ1) is 18.2. The van der Waals surface area contributed by atoms with Crippen LogP contribution in [0, 0.1) is 5.82 Å². The number of nitrogen functional groups attached to an aromatic ring is 1. The van der Waals surface area contributed by atoms with Crippen LogP contribution < -0.4 is 11.5 Å². The quantitative estimate of drug-likeness (QED) is 0.662. The van der Waals surface area contributed by atoms with E-state index in [0.29, 0.717) is 0 Å². The zero-order chi connectivity index (χ0) is 20.1. The highest BCUT2D eigenvalue weighted by molar-refractivity contribution is 7.10. The number of benzene rings is 1. The largest absolute Gasteiger partial charge is 0.396 e. The van der Waals surface area contributed by atoms with Crippen LogP contribution in [0.4, 0.5) is 10.1 Å². The van der Waals surface area contributed by atoms with E-state index >= 15 is 0 Å². The van der Waals surface area contributed by atoms with Gasteiger partial charge in [-0.25, -0.2) is 14.4 Å². The van der Waals surface area contributed by atoms with Crippen LogP contribution in [-0.4, -0.2) is 33.4 Å². The van der Waals surface area contributed by atoms with Gasteiger partial charge in [-0.15, -0.1) is 11.3 Å². The Bertz CT molecular complexity index is 1080. The molecule has 0 saturated heterocycles. The summed E-state index contributed by atoms with van der Waals surface area (Å²) in [7, 11) is 1.60. The Morgan fingerprint density at radius 3 is 2.71 bits per heavy atom. The lowest BCUT2D eigenvalue weighted by atomic mass is 9.87. The molecule has 1 aromatic carbocycles. The molecule has 4 rings (SSSR count). The van der Waals surface area contributed by atoms with Gasteiger partial charge in [0.15, 0.2) is 5.96 Å². The van der Waals surface area contributed by atoms with E-state index in [9.17, 15) is 9.18 Å². The van der Waals surface area contributed by atoms with Gasteiger partial charge in [0, 0.05) is 24.3 Å². The molecule has 0 fully saturated rings. The lowest BCUT2D eigenvalue weighted by Crippen LogP contribution is -2.53. The Kier molecular flexibility index (Phi) is 4.19. The molecule has 1 unspecified atom stereocenters. The van der Waals surface area contributed by atoms with E-state index in [-0.39, 0.29) is 17.6 Å². The summed E-state index contributed by atoms with van der Waals surface area (Å²) >= 11 is 1.46. The number of guanidine groups is 1. The molecule has 28 heavy (non-hydrogen) atoms. The fraction of sp³-hybridized carbons (Fsp3) is 0.211.